The minimum atomic E-state index is -4.53. The van der Waals surface area contributed by atoms with Crippen molar-refractivity contribution in [2.24, 2.45) is 5.84 Å². The van der Waals surface area contributed by atoms with Gasteiger partial charge in [-0.15, -0.1) is 0 Å². The highest BCUT2D eigenvalue weighted by atomic mass is 19.4. The number of phenolic OH excluding ortho intramolecular Hbond substituents is 1. The van der Waals surface area contributed by atoms with E-state index in [0.29, 0.717) is 0 Å². The second-order valence-electron chi connectivity index (χ2n) is 3.06. The third-order valence-corrected chi connectivity index (χ3v) is 1.74. The molecule has 0 radical (unpaired) electrons. The number of phenols is 1. The van der Waals surface area contributed by atoms with Gasteiger partial charge in [-0.05, 0) is 18.2 Å². The summed E-state index contributed by atoms with van der Waals surface area (Å²) >= 11 is 0. The van der Waals surface area contributed by atoms with Crippen LogP contribution in [0.25, 0.3) is 0 Å². The largest absolute Gasteiger partial charge is 0.504 e. The van der Waals surface area contributed by atoms with Crippen LogP contribution in [0.15, 0.2) is 18.2 Å². The Kier molecular flexibility index (Phi) is 3.79. The summed E-state index contributed by atoms with van der Waals surface area (Å²) in [5.41, 5.74) is 1.78. The SMILES string of the molecule is NNC(=O)c1ccc(O)c(OCC(F)(F)F)c1. The number of alkyl halides is 3. The molecule has 94 valence electrons. The summed E-state index contributed by atoms with van der Waals surface area (Å²) in [6, 6.07) is 3.19. The number of carbonyl (C=O) groups is 1. The predicted molar refractivity (Wildman–Crippen MR) is 51.3 cm³/mol. The Morgan fingerprint density at radius 2 is 2.12 bits per heavy atom. The van der Waals surface area contributed by atoms with Gasteiger partial charge >= 0.3 is 6.18 Å². The van der Waals surface area contributed by atoms with Gasteiger partial charge in [-0.25, -0.2) is 5.84 Å². The van der Waals surface area contributed by atoms with E-state index in [0.717, 1.165) is 12.1 Å². The van der Waals surface area contributed by atoms with Crippen molar-refractivity contribution in [2.75, 3.05) is 6.61 Å². The minimum Gasteiger partial charge on any atom is -0.504 e. The van der Waals surface area contributed by atoms with Crippen molar-refractivity contribution >= 4 is 5.91 Å². The highest BCUT2D eigenvalue weighted by Crippen LogP contribution is 2.28. The van der Waals surface area contributed by atoms with Crippen LogP contribution in [0.1, 0.15) is 10.4 Å². The average Bonchev–Trinajstić information content (AvgIpc) is 2.26. The van der Waals surface area contributed by atoms with E-state index in [2.05, 4.69) is 4.74 Å². The predicted octanol–water partition coefficient (Wildman–Crippen LogP) is 0.937. The Labute approximate surface area is 94.0 Å². The Balaban J connectivity index is 2.87. The zero-order valence-corrected chi connectivity index (χ0v) is 8.41. The van der Waals surface area contributed by atoms with Crippen LogP contribution in [0, 0.1) is 0 Å². The lowest BCUT2D eigenvalue weighted by Crippen LogP contribution is -2.30. The lowest BCUT2D eigenvalue weighted by atomic mass is 10.2. The molecule has 1 amide bonds. The van der Waals surface area contributed by atoms with Crippen LogP contribution in [0.2, 0.25) is 0 Å². The van der Waals surface area contributed by atoms with E-state index in [-0.39, 0.29) is 5.56 Å². The number of amides is 1. The van der Waals surface area contributed by atoms with Crippen LogP contribution < -0.4 is 16.0 Å². The fraction of sp³-hybridized carbons (Fsp3) is 0.222. The summed E-state index contributed by atoms with van der Waals surface area (Å²) in [5.74, 6) is 3.21. The topological polar surface area (TPSA) is 84.6 Å². The first-order valence-electron chi connectivity index (χ1n) is 4.37. The monoisotopic (exact) mass is 250 g/mol. The molecule has 0 heterocycles. The second-order valence-corrected chi connectivity index (χ2v) is 3.06. The number of halogens is 3. The average molecular weight is 250 g/mol. The molecule has 4 N–H and O–H groups in total. The zero-order chi connectivity index (χ0) is 13.1. The maximum Gasteiger partial charge on any atom is 0.422 e. The molecule has 1 rings (SSSR count). The number of carbonyl (C=O) groups excluding carboxylic acids is 1. The van der Waals surface area contributed by atoms with Crippen LogP contribution in [-0.2, 0) is 0 Å². The molecular weight excluding hydrogens is 241 g/mol. The van der Waals surface area contributed by atoms with Gasteiger partial charge in [0.05, 0.1) is 0 Å². The Hall–Kier alpha value is -1.96. The summed E-state index contributed by atoms with van der Waals surface area (Å²) in [6.07, 6.45) is -4.53. The zero-order valence-electron chi connectivity index (χ0n) is 8.41. The normalized spacial score (nSPS) is 11.1. The van der Waals surface area contributed by atoms with Crippen LogP contribution >= 0.6 is 0 Å². The molecule has 0 aliphatic carbocycles. The first-order chi connectivity index (χ1) is 7.83. The van der Waals surface area contributed by atoms with Gasteiger partial charge in [0.15, 0.2) is 18.1 Å². The third kappa shape index (κ3) is 3.83. The Morgan fingerprint density at radius 1 is 1.47 bits per heavy atom. The van der Waals surface area contributed by atoms with Crippen molar-refractivity contribution < 1.29 is 27.8 Å². The highest BCUT2D eigenvalue weighted by molar-refractivity contribution is 5.94. The quantitative estimate of drug-likeness (QED) is 0.423. The van der Waals surface area contributed by atoms with Gasteiger partial charge in [0.25, 0.3) is 5.91 Å². The molecule has 0 saturated carbocycles. The second kappa shape index (κ2) is 4.91. The fourth-order valence-corrected chi connectivity index (χ4v) is 1.01. The minimum absolute atomic E-state index is 0.0255. The summed E-state index contributed by atoms with van der Waals surface area (Å²) < 4.78 is 40.0. The number of nitrogen functional groups attached to an aromatic ring is 1. The number of hydrogen-bond acceptors (Lipinski definition) is 4. The molecule has 0 unspecified atom stereocenters. The van der Waals surface area contributed by atoms with Crippen molar-refractivity contribution in [3.8, 4) is 11.5 Å². The lowest BCUT2D eigenvalue weighted by molar-refractivity contribution is -0.153. The van der Waals surface area contributed by atoms with E-state index < -0.39 is 30.2 Å². The number of hydrogen-bond donors (Lipinski definition) is 3. The first kappa shape index (κ1) is 13.1. The number of hydrazine groups is 1. The number of aromatic hydroxyl groups is 1. The Bertz CT molecular complexity index is 420. The number of nitrogens with one attached hydrogen (secondary N) is 1. The van der Waals surface area contributed by atoms with Crippen LogP contribution in [0.3, 0.4) is 0 Å². The van der Waals surface area contributed by atoms with E-state index in [1.54, 1.807) is 5.43 Å². The molecule has 1 aromatic rings. The van der Waals surface area contributed by atoms with Crippen molar-refractivity contribution in [2.45, 2.75) is 6.18 Å². The number of rotatable bonds is 3. The van der Waals surface area contributed by atoms with E-state index >= 15 is 0 Å². The molecule has 1 aromatic carbocycles. The van der Waals surface area contributed by atoms with Gasteiger partial charge in [0.1, 0.15) is 0 Å². The molecule has 0 saturated heterocycles. The third-order valence-electron chi connectivity index (χ3n) is 1.74. The number of benzene rings is 1. The van der Waals surface area contributed by atoms with E-state index in [1.165, 1.54) is 6.07 Å². The van der Waals surface area contributed by atoms with Crippen LogP contribution in [-0.4, -0.2) is 23.8 Å². The van der Waals surface area contributed by atoms with Gasteiger partial charge in [-0.3, -0.25) is 10.2 Å². The number of nitrogens with two attached hydrogens (primary N) is 1. The number of ether oxygens (including phenoxy) is 1. The smallest absolute Gasteiger partial charge is 0.422 e. The fourth-order valence-electron chi connectivity index (χ4n) is 1.01. The van der Waals surface area contributed by atoms with Crippen molar-refractivity contribution in [3.63, 3.8) is 0 Å². The van der Waals surface area contributed by atoms with Gasteiger partial charge in [0.2, 0.25) is 0 Å². The molecular formula is C9H9F3N2O3. The molecule has 17 heavy (non-hydrogen) atoms. The first-order valence-corrected chi connectivity index (χ1v) is 4.37. The van der Waals surface area contributed by atoms with Crippen molar-refractivity contribution in [1.82, 2.24) is 5.43 Å². The van der Waals surface area contributed by atoms with Gasteiger partial charge in [0, 0.05) is 5.56 Å². The standard InChI is InChI=1S/C9H9F3N2O3/c10-9(11,12)4-17-7-3-5(8(16)14-13)1-2-6(7)15/h1-3,15H,4,13H2,(H,14,16). The van der Waals surface area contributed by atoms with Gasteiger partial charge in [-0.1, -0.05) is 0 Å². The molecule has 0 bridgehead atoms. The van der Waals surface area contributed by atoms with E-state index in [4.69, 9.17) is 5.84 Å². The molecule has 0 atom stereocenters. The molecule has 0 aromatic heterocycles. The van der Waals surface area contributed by atoms with Crippen molar-refractivity contribution in [3.05, 3.63) is 23.8 Å². The highest BCUT2D eigenvalue weighted by Gasteiger charge is 2.29. The van der Waals surface area contributed by atoms with Crippen LogP contribution in [0.4, 0.5) is 13.2 Å². The molecule has 0 aliphatic rings. The summed E-state index contributed by atoms with van der Waals surface area (Å²) in [6.45, 7) is -1.56. The molecule has 0 aliphatic heterocycles. The summed E-state index contributed by atoms with van der Waals surface area (Å²) in [4.78, 5) is 11.1. The van der Waals surface area contributed by atoms with E-state index in [1.807, 2.05) is 0 Å². The molecule has 0 fully saturated rings. The van der Waals surface area contributed by atoms with E-state index in [9.17, 15) is 23.1 Å². The Morgan fingerprint density at radius 3 is 2.65 bits per heavy atom. The summed E-state index contributed by atoms with van der Waals surface area (Å²) in [7, 11) is 0. The lowest BCUT2D eigenvalue weighted by Gasteiger charge is -2.11. The van der Waals surface area contributed by atoms with Gasteiger partial charge in [-0.2, -0.15) is 13.2 Å². The molecule has 0 spiro atoms. The molecule has 5 nitrogen and oxygen atoms in total. The maximum atomic E-state index is 11.9. The summed E-state index contributed by atoms with van der Waals surface area (Å²) in [5, 5.41) is 9.23. The molecule has 8 heteroatoms. The van der Waals surface area contributed by atoms with Crippen LogP contribution in [0.5, 0.6) is 11.5 Å². The van der Waals surface area contributed by atoms with Crippen molar-refractivity contribution in [1.29, 1.82) is 0 Å². The maximum absolute atomic E-state index is 11.9. The van der Waals surface area contributed by atoms with Gasteiger partial charge < -0.3 is 9.84 Å².